The highest BCUT2D eigenvalue weighted by atomic mass is 35.5. The lowest BCUT2D eigenvalue weighted by Gasteiger charge is -2.05. The Balaban J connectivity index is 1.97. The molecule has 1 aliphatic rings. The van der Waals surface area contributed by atoms with Gasteiger partial charge in [0.2, 0.25) is 0 Å². The fourth-order valence-corrected chi connectivity index (χ4v) is 2.34. The van der Waals surface area contributed by atoms with E-state index in [1.807, 2.05) is 12.1 Å². The van der Waals surface area contributed by atoms with Crippen LogP contribution in [0, 0.1) is 0 Å². The fraction of sp³-hybridized carbons (Fsp3) is 0.133. The van der Waals surface area contributed by atoms with Gasteiger partial charge in [-0.1, -0.05) is 11.6 Å². The van der Waals surface area contributed by atoms with Gasteiger partial charge in [-0.2, -0.15) is 0 Å². The zero-order chi connectivity index (χ0) is 13.4. The van der Waals surface area contributed by atoms with Crippen LogP contribution in [-0.4, -0.2) is 12.4 Å². The third-order valence-corrected chi connectivity index (χ3v) is 3.54. The molecule has 3 nitrogen and oxygen atoms in total. The molecule has 1 heterocycles. The molecule has 1 aliphatic heterocycles. The molecule has 0 bridgehead atoms. The summed E-state index contributed by atoms with van der Waals surface area (Å²) in [5.41, 5.74) is 8.37. The molecule has 2 N–H and O–H groups in total. The minimum atomic E-state index is -0.0587. The minimum Gasteiger partial charge on any atom is -0.493 e. The molecule has 0 radical (unpaired) electrons. The molecule has 0 aromatic heterocycles. The topological polar surface area (TPSA) is 52.3 Å². The van der Waals surface area contributed by atoms with Crippen molar-refractivity contribution in [2.75, 3.05) is 12.3 Å². The van der Waals surface area contributed by atoms with Crippen molar-refractivity contribution in [2.45, 2.75) is 6.42 Å². The normalized spacial score (nSPS) is 12.9. The molecule has 0 unspecified atom stereocenters. The van der Waals surface area contributed by atoms with E-state index < -0.39 is 0 Å². The van der Waals surface area contributed by atoms with E-state index in [9.17, 15) is 4.79 Å². The highest BCUT2D eigenvalue weighted by Gasteiger charge is 2.16. The number of carbonyl (C=O) groups is 1. The molecule has 0 fully saturated rings. The first-order chi connectivity index (χ1) is 9.15. The van der Waals surface area contributed by atoms with Gasteiger partial charge in [0, 0.05) is 17.5 Å². The van der Waals surface area contributed by atoms with Crippen LogP contribution >= 0.6 is 11.6 Å². The Kier molecular flexibility index (Phi) is 2.91. The lowest BCUT2D eigenvalue weighted by atomic mass is 10.0. The van der Waals surface area contributed by atoms with Crippen LogP contribution in [0.1, 0.15) is 21.5 Å². The van der Waals surface area contributed by atoms with E-state index >= 15 is 0 Å². The van der Waals surface area contributed by atoms with Gasteiger partial charge in [0.25, 0.3) is 0 Å². The van der Waals surface area contributed by atoms with Crippen molar-refractivity contribution in [3.63, 3.8) is 0 Å². The summed E-state index contributed by atoms with van der Waals surface area (Å²) < 4.78 is 5.42. The Hall–Kier alpha value is -2.00. The number of ether oxygens (including phenoxy) is 1. The molecule has 4 heteroatoms. The van der Waals surface area contributed by atoms with Gasteiger partial charge in [-0.15, -0.1) is 0 Å². The van der Waals surface area contributed by atoms with Crippen LogP contribution < -0.4 is 10.5 Å². The fourth-order valence-electron chi connectivity index (χ4n) is 2.16. The van der Waals surface area contributed by atoms with Crippen molar-refractivity contribution in [3.8, 4) is 5.75 Å². The van der Waals surface area contributed by atoms with E-state index in [2.05, 4.69) is 0 Å². The van der Waals surface area contributed by atoms with Crippen molar-refractivity contribution in [1.29, 1.82) is 0 Å². The zero-order valence-electron chi connectivity index (χ0n) is 10.2. The van der Waals surface area contributed by atoms with E-state index in [4.69, 9.17) is 22.1 Å². The van der Waals surface area contributed by atoms with E-state index in [0.717, 1.165) is 17.7 Å². The Labute approximate surface area is 115 Å². The van der Waals surface area contributed by atoms with Crippen molar-refractivity contribution < 1.29 is 9.53 Å². The maximum Gasteiger partial charge on any atom is 0.193 e. The number of nitrogen functional groups attached to an aromatic ring is 1. The average Bonchev–Trinajstić information content (AvgIpc) is 2.88. The van der Waals surface area contributed by atoms with Gasteiger partial charge >= 0.3 is 0 Å². The number of hydrogen-bond acceptors (Lipinski definition) is 3. The van der Waals surface area contributed by atoms with Gasteiger partial charge in [-0.05, 0) is 42.0 Å². The minimum absolute atomic E-state index is 0.0587. The quantitative estimate of drug-likeness (QED) is 0.676. The van der Waals surface area contributed by atoms with Gasteiger partial charge in [-0.3, -0.25) is 4.79 Å². The molecule has 96 valence electrons. The van der Waals surface area contributed by atoms with Gasteiger partial charge < -0.3 is 10.5 Å². The molecule has 2 aromatic carbocycles. The maximum atomic E-state index is 12.4. The average molecular weight is 274 g/mol. The number of fused-ring (bicyclic) bond motifs is 1. The summed E-state index contributed by atoms with van der Waals surface area (Å²) >= 11 is 5.94. The molecule has 2 aromatic rings. The van der Waals surface area contributed by atoms with Gasteiger partial charge in [-0.25, -0.2) is 0 Å². The summed E-state index contributed by atoms with van der Waals surface area (Å²) in [6, 6.07) is 10.4. The van der Waals surface area contributed by atoms with Crippen LogP contribution in [0.25, 0.3) is 0 Å². The number of hydrogen-bond donors (Lipinski definition) is 1. The molecule has 0 saturated carbocycles. The van der Waals surface area contributed by atoms with Crippen molar-refractivity contribution in [3.05, 3.63) is 58.1 Å². The zero-order valence-corrected chi connectivity index (χ0v) is 10.9. The number of benzene rings is 2. The Morgan fingerprint density at radius 2 is 1.89 bits per heavy atom. The van der Waals surface area contributed by atoms with E-state index in [0.29, 0.717) is 28.4 Å². The predicted molar refractivity (Wildman–Crippen MR) is 74.9 cm³/mol. The summed E-state index contributed by atoms with van der Waals surface area (Å²) in [4.78, 5) is 12.4. The second kappa shape index (κ2) is 4.59. The Morgan fingerprint density at radius 3 is 2.68 bits per heavy atom. The second-order valence-electron chi connectivity index (χ2n) is 4.49. The number of nitrogens with two attached hydrogens (primary N) is 1. The standard InChI is InChI=1S/C15H12ClNO2/c16-12-8-11(1-3-13(12)17)15(18)10-2-4-14-9(7-10)5-6-19-14/h1-4,7-8H,5-6,17H2. The van der Waals surface area contributed by atoms with Crippen LogP contribution in [-0.2, 0) is 6.42 Å². The predicted octanol–water partition coefficient (Wildman–Crippen LogP) is 3.09. The van der Waals surface area contributed by atoms with Crippen LogP contribution in [0.5, 0.6) is 5.75 Å². The highest BCUT2D eigenvalue weighted by molar-refractivity contribution is 6.33. The smallest absolute Gasteiger partial charge is 0.193 e. The summed E-state index contributed by atoms with van der Waals surface area (Å²) in [6.07, 6.45) is 0.846. The Bertz CT molecular complexity index is 667. The first kappa shape index (κ1) is 12.1. The lowest BCUT2D eigenvalue weighted by molar-refractivity contribution is 0.103. The van der Waals surface area contributed by atoms with E-state index in [1.165, 1.54) is 0 Å². The molecule has 0 atom stereocenters. The SMILES string of the molecule is Nc1ccc(C(=O)c2ccc3c(c2)CCO3)cc1Cl. The molecular weight excluding hydrogens is 262 g/mol. The molecule has 0 spiro atoms. The van der Waals surface area contributed by atoms with Gasteiger partial charge in [0.05, 0.1) is 17.3 Å². The summed E-state index contributed by atoms with van der Waals surface area (Å²) in [5.74, 6) is 0.809. The monoisotopic (exact) mass is 273 g/mol. The van der Waals surface area contributed by atoms with Crippen LogP contribution in [0.15, 0.2) is 36.4 Å². The first-order valence-corrected chi connectivity index (χ1v) is 6.38. The van der Waals surface area contributed by atoms with Gasteiger partial charge in [0.1, 0.15) is 5.75 Å². The highest BCUT2D eigenvalue weighted by Crippen LogP contribution is 2.27. The molecule has 0 amide bonds. The molecule has 0 saturated heterocycles. The second-order valence-corrected chi connectivity index (χ2v) is 4.89. The molecule has 3 rings (SSSR count). The van der Waals surface area contributed by atoms with E-state index in [1.54, 1.807) is 24.3 Å². The maximum absolute atomic E-state index is 12.4. The number of rotatable bonds is 2. The van der Waals surface area contributed by atoms with Crippen molar-refractivity contribution >= 4 is 23.1 Å². The largest absolute Gasteiger partial charge is 0.493 e. The van der Waals surface area contributed by atoms with Crippen molar-refractivity contribution in [1.82, 2.24) is 0 Å². The van der Waals surface area contributed by atoms with Gasteiger partial charge in [0.15, 0.2) is 5.78 Å². The summed E-state index contributed by atoms with van der Waals surface area (Å²) in [6.45, 7) is 0.681. The third kappa shape index (κ3) is 2.17. The number of ketones is 1. The lowest BCUT2D eigenvalue weighted by Crippen LogP contribution is -2.02. The first-order valence-electron chi connectivity index (χ1n) is 6.00. The number of carbonyl (C=O) groups excluding carboxylic acids is 1. The summed E-state index contributed by atoms with van der Waals surface area (Å²) in [7, 11) is 0. The van der Waals surface area contributed by atoms with Crippen LogP contribution in [0.3, 0.4) is 0 Å². The number of halogens is 1. The molecular formula is C15H12ClNO2. The third-order valence-electron chi connectivity index (χ3n) is 3.21. The van der Waals surface area contributed by atoms with Crippen LogP contribution in [0.4, 0.5) is 5.69 Å². The number of anilines is 1. The molecule has 19 heavy (non-hydrogen) atoms. The molecule has 0 aliphatic carbocycles. The van der Waals surface area contributed by atoms with E-state index in [-0.39, 0.29) is 5.78 Å². The van der Waals surface area contributed by atoms with Crippen molar-refractivity contribution in [2.24, 2.45) is 0 Å². The summed E-state index contributed by atoms with van der Waals surface area (Å²) in [5, 5.41) is 0.398. The Morgan fingerprint density at radius 1 is 1.16 bits per heavy atom. The van der Waals surface area contributed by atoms with Crippen LogP contribution in [0.2, 0.25) is 5.02 Å².